The topological polar surface area (TPSA) is 80.3 Å². The third-order valence-corrected chi connectivity index (χ3v) is 4.75. The molecule has 0 spiro atoms. The second-order valence-corrected chi connectivity index (χ2v) is 9.04. The molecule has 1 amide bonds. The summed E-state index contributed by atoms with van der Waals surface area (Å²) < 4.78 is 0. The molecule has 1 aliphatic carbocycles. The highest BCUT2D eigenvalue weighted by atomic mass is 16.2. The monoisotopic (exact) mass is 576 g/mol. The van der Waals surface area contributed by atoms with Gasteiger partial charge in [-0.25, -0.2) is 0 Å². The second-order valence-electron chi connectivity index (χ2n) is 9.04. The summed E-state index contributed by atoms with van der Waals surface area (Å²) in [6, 6.07) is -0.249. The zero-order valence-electron chi connectivity index (χ0n) is 30.4. The van der Waals surface area contributed by atoms with Crippen LogP contribution < -0.4 is 5.32 Å². The molecular weight excluding hydrogens is 498 g/mol. The molecule has 0 aliphatic heterocycles. The standard InChI is InChI=1S/C17H31NO2.C4H8O.2C3H8.C2H4O.3C2H6/c1-4-6-8-15(9-7-5-2)17(20)18-16(13(3)19)12-14-10-11-14;1-3-4(2)5;2*1-3-2;1-2-3;3*1-2/h14-16H,4-12H2,1-3H3,(H,18,20);3H2,1-2H3;2*3H2,1-2H3;2H,1H3;3*1-2H3. The summed E-state index contributed by atoms with van der Waals surface area (Å²) in [6.45, 7) is 31.3. The SMILES string of the molecule is CC.CC.CC.CC=O.CCC.CCC.CCC(C)=O.CCCCC(CCCC)C(=O)NC(CC1CC1)C(C)=O. The Kier molecular flexibility index (Phi) is 73.2. The molecule has 5 heteroatoms. The number of hydrogen-bond donors (Lipinski definition) is 1. The summed E-state index contributed by atoms with van der Waals surface area (Å²) in [5, 5.41) is 3.02. The number of Topliss-reactive ketones (excluding diaryl/α,β-unsaturated/α-hetero) is 2. The largest absolute Gasteiger partial charge is 0.346 e. The van der Waals surface area contributed by atoms with Crippen LogP contribution in [-0.4, -0.2) is 29.8 Å². The molecule has 246 valence electrons. The van der Waals surface area contributed by atoms with E-state index >= 15 is 0 Å². The summed E-state index contributed by atoms with van der Waals surface area (Å²) in [7, 11) is 0. The smallest absolute Gasteiger partial charge is 0.223 e. The maximum Gasteiger partial charge on any atom is 0.223 e. The Bertz CT molecular complexity index is 464. The van der Waals surface area contributed by atoms with Gasteiger partial charge in [-0.05, 0) is 46.0 Å². The number of unbranched alkanes of at least 4 members (excludes halogenated alkanes) is 2. The molecule has 0 aromatic rings. The molecule has 1 saturated carbocycles. The first kappa shape index (κ1) is 54.5. The van der Waals surface area contributed by atoms with Crippen LogP contribution in [0.5, 0.6) is 0 Å². The van der Waals surface area contributed by atoms with Crippen LogP contribution in [0, 0.1) is 11.8 Å². The number of hydrogen-bond acceptors (Lipinski definition) is 4. The number of ketones is 2. The molecule has 1 atom stereocenters. The van der Waals surface area contributed by atoms with Crippen molar-refractivity contribution in [3.63, 3.8) is 0 Å². The van der Waals surface area contributed by atoms with Gasteiger partial charge in [0, 0.05) is 12.3 Å². The van der Waals surface area contributed by atoms with Gasteiger partial charge < -0.3 is 14.9 Å². The fourth-order valence-corrected chi connectivity index (χ4v) is 2.61. The van der Waals surface area contributed by atoms with Crippen molar-refractivity contribution >= 4 is 23.8 Å². The zero-order chi connectivity index (χ0) is 33.4. The lowest BCUT2D eigenvalue weighted by atomic mass is 9.94. The van der Waals surface area contributed by atoms with E-state index in [2.05, 4.69) is 46.9 Å². The van der Waals surface area contributed by atoms with Gasteiger partial charge >= 0.3 is 0 Å². The highest BCUT2D eigenvalue weighted by Gasteiger charge is 2.30. The van der Waals surface area contributed by atoms with Crippen LogP contribution in [0.3, 0.4) is 0 Å². The lowest BCUT2D eigenvalue weighted by molar-refractivity contribution is -0.130. The molecule has 1 rings (SSSR count). The quantitative estimate of drug-likeness (QED) is 0.235. The first-order chi connectivity index (χ1) is 19.1. The van der Waals surface area contributed by atoms with Crippen LogP contribution in [0.1, 0.15) is 188 Å². The van der Waals surface area contributed by atoms with E-state index in [9.17, 15) is 14.4 Å². The molecule has 40 heavy (non-hydrogen) atoms. The molecule has 0 saturated heterocycles. The van der Waals surface area contributed by atoms with Gasteiger partial charge in [0.15, 0.2) is 5.78 Å². The summed E-state index contributed by atoms with van der Waals surface area (Å²) in [6.07, 6.45) is 13.5. The van der Waals surface area contributed by atoms with Gasteiger partial charge in [0.1, 0.15) is 12.1 Å². The Labute approximate surface area is 253 Å². The van der Waals surface area contributed by atoms with E-state index in [-0.39, 0.29) is 29.4 Å². The molecule has 0 aromatic carbocycles. The van der Waals surface area contributed by atoms with Crippen molar-refractivity contribution in [2.24, 2.45) is 11.8 Å². The molecule has 1 fully saturated rings. The summed E-state index contributed by atoms with van der Waals surface area (Å²) in [5.74, 6) is 1.22. The van der Waals surface area contributed by atoms with Gasteiger partial charge in [-0.3, -0.25) is 9.59 Å². The molecule has 0 bridgehead atoms. The van der Waals surface area contributed by atoms with Crippen molar-refractivity contribution in [2.75, 3.05) is 0 Å². The highest BCUT2D eigenvalue weighted by Crippen LogP contribution is 2.33. The van der Waals surface area contributed by atoms with Crippen molar-refractivity contribution in [1.82, 2.24) is 5.32 Å². The number of carbonyl (C=O) groups excluding carboxylic acids is 4. The number of nitrogens with one attached hydrogen (secondary N) is 1. The van der Waals surface area contributed by atoms with Crippen LogP contribution in [0.4, 0.5) is 0 Å². The molecule has 1 N–H and O–H groups in total. The van der Waals surface area contributed by atoms with Crippen LogP contribution in [-0.2, 0) is 19.2 Å². The van der Waals surface area contributed by atoms with Gasteiger partial charge in [-0.1, -0.05) is 141 Å². The van der Waals surface area contributed by atoms with Gasteiger partial charge in [0.25, 0.3) is 0 Å². The maximum atomic E-state index is 12.4. The number of rotatable bonds is 12. The zero-order valence-corrected chi connectivity index (χ0v) is 30.4. The van der Waals surface area contributed by atoms with E-state index in [1.807, 2.05) is 48.5 Å². The normalized spacial score (nSPS) is 10.7. The minimum Gasteiger partial charge on any atom is -0.346 e. The number of aldehydes is 1. The van der Waals surface area contributed by atoms with Gasteiger partial charge in [0.05, 0.1) is 6.04 Å². The molecule has 1 aliphatic rings. The van der Waals surface area contributed by atoms with Crippen molar-refractivity contribution in [1.29, 1.82) is 0 Å². The van der Waals surface area contributed by atoms with E-state index < -0.39 is 0 Å². The molecule has 1 unspecified atom stereocenters. The fraction of sp³-hybridized carbons (Fsp3) is 0.886. The lowest BCUT2D eigenvalue weighted by Gasteiger charge is -2.21. The fourth-order valence-electron chi connectivity index (χ4n) is 2.61. The Morgan fingerprint density at radius 1 is 0.750 bits per heavy atom. The van der Waals surface area contributed by atoms with E-state index in [4.69, 9.17) is 4.79 Å². The number of carbonyl (C=O) groups is 4. The minimum atomic E-state index is -0.249. The Morgan fingerprint density at radius 3 is 1.25 bits per heavy atom. The third-order valence-electron chi connectivity index (χ3n) is 4.75. The van der Waals surface area contributed by atoms with Gasteiger partial charge in [0.2, 0.25) is 5.91 Å². The molecular formula is C35H77NO4. The highest BCUT2D eigenvalue weighted by molar-refractivity contribution is 5.88. The first-order valence-electron chi connectivity index (χ1n) is 16.8. The van der Waals surface area contributed by atoms with Crippen LogP contribution in [0.2, 0.25) is 0 Å². The van der Waals surface area contributed by atoms with Crippen molar-refractivity contribution in [3.05, 3.63) is 0 Å². The van der Waals surface area contributed by atoms with Crippen molar-refractivity contribution in [2.45, 2.75) is 194 Å². The average molecular weight is 576 g/mol. The van der Waals surface area contributed by atoms with Gasteiger partial charge in [-0.15, -0.1) is 0 Å². The molecule has 5 nitrogen and oxygen atoms in total. The van der Waals surface area contributed by atoms with Crippen molar-refractivity contribution in [3.8, 4) is 0 Å². The Balaban J connectivity index is -0.0000000895. The molecule has 0 radical (unpaired) electrons. The van der Waals surface area contributed by atoms with Crippen LogP contribution in [0.25, 0.3) is 0 Å². The number of amides is 1. The third kappa shape index (κ3) is 60.8. The lowest BCUT2D eigenvalue weighted by Crippen LogP contribution is -2.43. The van der Waals surface area contributed by atoms with Gasteiger partial charge in [-0.2, -0.15) is 0 Å². The molecule has 0 aromatic heterocycles. The minimum absolute atomic E-state index is 0.0935. The van der Waals surface area contributed by atoms with Crippen LogP contribution in [0.15, 0.2) is 0 Å². The van der Waals surface area contributed by atoms with E-state index in [1.165, 1.54) is 32.6 Å². The maximum absolute atomic E-state index is 12.4. The Morgan fingerprint density at radius 2 is 1.05 bits per heavy atom. The first-order valence-corrected chi connectivity index (χ1v) is 16.8. The van der Waals surface area contributed by atoms with E-state index in [0.29, 0.717) is 12.3 Å². The molecule has 0 heterocycles. The predicted molar refractivity (Wildman–Crippen MR) is 181 cm³/mol. The van der Waals surface area contributed by atoms with Crippen LogP contribution >= 0.6 is 0 Å². The summed E-state index contributed by atoms with van der Waals surface area (Å²) in [4.78, 5) is 42.7. The predicted octanol–water partition coefficient (Wildman–Crippen LogP) is 11.0. The summed E-state index contributed by atoms with van der Waals surface area (Å²) in [5.41, 5.74) is 0. The van der Waals surface area contributed by atoms with E-state index in [0.717, 1.165) is 51.2 Å². The average Bonchev–Trinajstić information content (AvgIpc) is 3.77. The Hall–Kier alpha value is -1.52. The van der Waals surface area contributed by atoms with E-state index in [1.54, 1.807) is 13.8 Å². The summed E-state index contributed by atoms with van der Waals surface area (Å²) >= 11 is 0. The second kappa shape index (κ2) is 53.7. The van der Waals surface area contributed by atoms with Crippen molar-refractivity contribution < 1.29 is 19.2 Å².